The third-order valence-corrected chi connectivity index (χ3v) is 5.20. The van der Waals surface area contributed by atoms with E-state index in [2.05, 4.69) is 26.1 Å². The van der Waals surface area contributed by atoms with E-state index in [1.165, 1.54) is 11.3 Å². The highest BCUT2D eigenvalue weighted by Gasteiger charge is 2.19. The number of thiophene rings is 1. The highest BCUT2D eigenvalue weighted by Crippen LogP contribution is 2.21. The average Bonchev–Trinajstić information content (AvgIpc) is 3.31. The average molecular weight is 392 g/mol. The number of hydrogen-bond donors (Lipinski definition) is 2. The fourth-order valence-corrected chi connectivity index (χ4v) is 3.58. The molecule has 0 spiro atoms. The van der Waals surface area contributed by atoms with E-state index in [4.69, 9.17) is 0 Å². The van der Waals surface area contributed by atoms with Crippen molar-refractivity contribution in [2.75, 3.05) is 0 Å². The van der Waals surface area contributed by atoms with Crippen LogP contribution in [0.3, 0.4) is 0 Å². The molecule has 3 aromatic heterocycles. The maximum Gasteiger partial charge on any atom is 0.292 e. The molecule has 9 heteroatoms. The number of hydrogen-bond acceptors (Lipinski definition) is 6. The lowest BCUT2D eigenvalue weighted by atomic mass is 10.2. The standard InChI is InChI=1S/C19H16N6O2S/c1-11-8-9-15(28-11)18(26)22-23-19(27)16-12(2)25(24-21-16)14-7-3-5-13-6-4-10-20-17(13)14/h3-10H,1-2H3,(H,22,26)(H,23,27). The van der Waals surface area contributed by atoms with Crippen LogP contribution in [-0.2, 0) is 0 Å². The Labute approximate surface area is 164 Å². The molecule has 0 radical (unpaired) electrons. The fourth-order valence-electron chi connectivity index (χ4n) is 2.82. The molecule has 0 fully saturated rings. The Balaban J connectivity index is 1.56. The van der Waals surface area contributed by atoms with Gasteiger partial charge in [0.1, 0.15) is 0 Å². The number of rotatable bonds is 3. The van der Waals surface area contributed by atoms with Crippen molar-refractivity contribution < 1.29 is 9.59 Å². The molecular formula is C19H16N6O2S. The number of carbonyl (C=O) groups is 2. The second-order valence-electron chi connectivity index (χ2n) is 6.11. The first kappa shape index (κ1) is 17.8. The van der Waals surface area contributed by atoms with Gasteiger partial charge in [0.25, 0.3) is 11.8 Å². The van der Waals surface area contributed by atoms with Crippen molar-refractivity contribution in [1.29, 1.82) is 0 Å². The topological polar surface area (TPSA) is 102 Å². The Morgan fingerprint density at radius 3 is 2.57 bits per heavy atom. The van der Waals surface area contributed by atoms with Gasteiger partial charge in [-0.25, -0.2) is 4.68 Å². The summed E-state index contributed by atoms with van der Waals surface area (Å²) in [7, 11) is 0. The van der Waals surface area contributed by atoms with Crippen LogP contribution in [0.5, 0.6) is 0 Å². The van der Waals surface area contributed by atoms with E-state index in [1.807, 2.05) is 43.3 Å². The number of nitrogens with zero attached hydrogens (tertiary/aromatic N) is 4. The van der Waals surface area contributed by atoms with Crippen LogP contribution in [0.15, 0.2) is 48.7 Å². The van der Waals surface area contributed by atoms with Gasteiger partial charge in [-0.2, -0.15) is 0 Å². The second-order valence-corrected chi connectivity index (χ2v) is 7.39. The third kappa shape index (κ3) is 3.23. The number of aromatic nitrogens is 4. The molecule has 8 nitrogen and oxygen atoms in total. The van der Waals surface area contributed by atoms with Crippen molar-refractivity contribution >= 4 is 34.1 Å². The summed E-state index contributed by atoms with van der Waals surface area (Å²) >= 11 is 1.35. The van der Waals surface area contributed by atoms with Gasteiger partial charge < -0.3 is 0 Å². The smallest absolute Gasteiger partial charge is 0.266 e. The normalized spacial score (nSPS) is 10.8. The Morgan fingerprint density at radius 2 is 1.79 bits per heavy atom. The number of amides is 2. The molecule has 0 bridgehead atoms. The van der Waals surface area contributed by atoms with E-state index in [0.717, 1.165) is 21.5 Å². The van der Waals surface area contributed by atoms with Gasteiger partial charge in [-0.05, 0) is 38.1 Å². The van der Waals surface area contributed by atoms with Gasteiger partial charge in [-0.1, -0.05) is 23.4 Å². The number of hydrazine groups is 1. The molecule has 0 unspecified atom stereocenters. The highest BCUT2D eigenvalue weighted by atomic mass is 32.1. The zero-order valence-electron chi connectivity index (χ0n) is 15.1. The molecule has 0 aliphatic heterocycles. The zero-order valence-corrected chi connectivity index (χ0v) is 15.9. The predicted molar refractivity (Wildman–Crippen MR) is 105 cm³/mol. The predicted octanol–water partition coefficient (Wildman–Crippen LogP) is 2.57. The lowest BCUT2D eigenvalue weighted by Gasteiger charge is -2.07. The third-order valence-electron chi connectivity index (χ3n) is 4.20. The van der Waals surface area contributed by atoms with Crippen molar-refractivity contribution in [3.05, 3.63) is 69.8 Å². The molecule has 2 amide bonds. The SMILES string of the molecule is Cc1ccc(C(=O)NNC(=O)c2nnn(-c3cccc4cccnc34)c2C)s1. The molecule has 4 rings (SSSR count). The van der Waals surface area contributed by atoms with E-state index in [1.54, 1.807) is 23.9 Å². The molecule has 0 saturated carbocycles. The van der Waals surface area contributed by atoms with Crippen LogP contribution >= 0.6 is 11.3 Å². The molecule has 1 aromatic carbocycles. The number of aryl methyl sites for hydroxylation is 1. The van der Waals surface area contributed by atoms with Crippen molar-refractivity contribution in [1.82, 2.24) is 30.8 Å². The number of carbonyl (C=O) groups excluding carboxylic acids is 2. The molecule has 140 valence electrons. The monoisotopic (exact) mass is 392 g/mol. The molecular weight excluding hydrogens is 376 g/mol. The molecule has 0 saturated heterocycles. The Kier molecular flexibility index (Phi) is 4.58. The van der Waals surface area contributed by atoms with Crippen LogP contribution in [0.4, 0.5) is 0 Å². The first-order valence-electron chi connectivity index (χ1n) is 8.48. The minimum absolute atomic E-state index is 0.121. The second kappa shape index (κ2) is 7.20. The largest absolute Gasteiger partial charge is 0.292 e. The molecule has 3 heterocycles. The number of para-hydroxylation sites is 1. The van der Waals surface area contributed by atoms with Gasteiger partial charge in [0.15, 0.2) is 5.69 Å². The summed E-state index contributed by atoms with van der Waals surface area (Å²) in [6.07, 6.45) is 1.70. The van der Waals surface area contributed by atoms with Crippen molar-refractivity contribution in [2.24, 2.45) is 0 Å². The van der Waals surface area contributed by atoms with Crippen molar-refractivity contribution in [2.45, 2.75) is 13.8 Å². The van der Waals surface area contributed by atoms with Gasteiger partial charge in [0, 0.05) is 16.5 Å². The molecule has 28 heavy (non-hydrogen) atoms. The lowest BCUT2D eigenvalue weighted by Crippen LogP contribution is -2.41. The van der Waals surface area contributed by atoms with E-state index < -0.39 is 5.91 Å². The quantitative estimate of drug-likeness (QED) is 0.522. The highest BCUT2D eigenvalue weighted by molar-refractivity contribution is 7.13. The Hall–Kier alpha value is -3.59. The fraction of sp³-hybridized carbons (Fsp3) is 0.105. The number of fused-ring (bicyclic) bond motifs is 1. The summed E-state index contributed by atoms with van der Waals surface area (Å²) in [4.78, 5) is 30.5. The van der Waals surface area contributed by atoms with E-state index in [0.29, 0.717) is 10.6 Å². The number of benzene rings is 1. The summed E-state index contributed by atoms with van der Waals surface area (Å²) in [5.41, 5.74) is 6.92. The van der Waals surface area contributed by atoms with Gasteiger partial charge in [0.05, 0.1) is 21.8 Å². The van der Waals surface area contributed by atoms with E-state index in [9.17, 15) is 9.59 Å². The maximum absolute atomic E-state index is 12.5. The molecule has 0 atom stereocenters. The molecule has 2 N–H and O–H groups in total. The van der Waals surface area contributed by atoms with Crippen molar-refractivity contribution in [3.8, 4) is 5.69 Å². The summed E-state index contributed by atoms with van der Waals surface area (Å²) in [5, 5.41) is 9.04. The summed E-state index contributed by atoms with van der Waals surface area (Å²) in [6, 6.07) is 13.1. The lowest BCUT2D eigenvalue weighted by molar-refractivity contribution is 0.0845. The van der Waals surface area contributed by atoms with Gasteiger partial charge in [-0.15, -0.1) is 16.4 Å². The molecule has 4 aromatic rings. The molecule has 0 aliphatic rings. The van der Waals surface area contributed by atoms with Gasteiger partial charge >= 0.3 is 0 Å². The first-order valence-corrected chi connectivity index (χ1v) is 9.30. The van der Waals surface area contributed by atoms with Crippen LogP contribution in [0.2, 0.25) is 0 Å². The van der Waals surface area contributed by atoms with Crippen LogP contribution in [0.25, 0.3) is 16.6 Å². The number of pyridine rings is 1. The first-order chi connectivity index (χ1) is 13.5. The van der Waals surface area contributed by atoms with E-state index in [-0.39, 0.29) is 11.6 Å². The van der Waals surface area contributed by atoms with E-state index >= 15 is 0 Å². The minimum atomic E-state index is -0.543. The van der Waals surface area contributed by atoms with Crippen LogP contribution < -0.4 is 10.9 Å². The molecule has 0 aliphatic carbocycles. The number of nitrogens with one attached hydrogen (secondary N) is 2. The summed E-state index contributed by atoms with van der Waals surface area (Å²) in [6.45, 7) is 3.64. The Bertz CT molecular complexity index is 1190. The minimum Gasteiger partial charge on any atom is -0.266 e. The van der Waals surface area contributed by atoms with Gasteiger partial charge in [0.2, 0.25) is 0 Å². The maximum atomic E-state index is 12.5. The Morgan fingerprint density at radius 1 is 1.00 bits per heavy atom. The van der Waals surface area contributed by atoms with Crippen molar-refractivity contribution in [3.63, 3.8) is 0 Å². The van der Waals surface area contributed by atoms with Crippen LogP contribution in [-0.4, -0.2) is 31.8 Å². The van der Waals surface area contributed by atoms with Crippen LogP contribution in [0.1, 0.15) is 30.7 Å². The summed E-state index contributed by atoms with van der Waals surface area (Å²) < 4.78 is 1.56. The van der Waals surface area contributed by atoms with Crippen LogP contribution in [0, 0.1) is 13.8 Å². The van der Waals surface area contributed by atoms with Gasteiger partial charge in [-0.3, -0.25) is 25.4 Å². The summed E-state index contributed by atoms with van der Waals surface area (Å²) in [5.74, 6) is -0.923. The zero-order chi connectivity index (χ0) is 19.7.